The molecule has 4 nitrogen and oxygen atoms in total. The molecular formula is C17H12ClN3O. The SMILES string of the molecule is O=C1CN=C2CN=C(c3ccccc3)c3cc(Cl)ccc3N12. The summed E-state index contributed by atoms with van der Waals surface area (Å²) in [4.78, 5) is 22.8. The third-order valence-electron chi connectivity index (χ3n) is 3.78. The minimum atomic E-state index is -0.0249. The van der Waals surface area contributed by atoms with Gasteiger partial charge in [-0.05, 0) is 18.2 Å². The van der Waals surface area contributed by atoms with Crippen molar-refractivity contribution in [1.29, 1.82) is 0 Å². The first-order valence-corrected chi connectivity index (χ1v) is 7.38. The topological polar surface area (TPSA) is 45.0 Å². The maximum absolute atomic E-state index is 12.2. The van der Waals surface area contributed by atoms with E-state index in [1.54, 1.807) is 11.0 Å². The van der Waals surface area contributed by atoms with Crippen LogP contribution in [0.2, 0.25) is 5.02 Å². The number of amidine groups is 1. The van der Waals surface area contributed by atoms with E-state index >= 15 is 0 Å². The van der Waals surface area contributed by atoms with Gasteiger partial charge in [0.05, 0.1) is 17.9 Å². The number of nitrogens with zero attached hydrogens (tertiary/aromatic N) is 3. The third-order valence-corrected chi connectivity index (χ3v) is 4.02. The van der Waals surface area contributed by atoms with Crippen LogP contribution in [0.25, 0.3) is 0 Å². The zero-order chi connectivity index (χ0) is 15.1. The van der Waals surface area contributed by atoms with Gasteiger partial charge in [0.25, 0.3) is 5.91 Å². The summed E-state index contributed by atoms with van der Waals surface area (Å²) in [5.74, 6) is 0.669. The lowest BCUT2D eigenvalue weighted by Crippen LogP contribution is -2.33. The van der Waals surface area contributed by atoms with Gasteiger partial charge in [-0.15, -0.1) is 0 Å². The number of hydrogen-bond acceptors (Lipinski definition) is 3. The van der Waals surface area contributed by atoms with Crippen LogP contribution >= 0.6 is 11.6 Å². The highest BCUT2D eigenvalue weighted by Gasteiger charge is 2.31. The minimum Gasteiger partial charge on any atom is -0.276 e. The Balaban J connectivity index is 1.96. The van der Waals surface area contributed by atoms with E-state index in [1.165, 1.54) is 0 Å². The highest BCUT2D eigenvalue weighted by Crippen LogP contribution is 2.31. The Morgan fingerprint density at radius 2 is 1.82 bits per heavy atom. The molecule has 0 saturated carbocycles. The number of rotatable bonds is 1. The number of benzene rings is 2. The van der Waals surface area contributed by atoms with Crippen molar-refractivity contribution in [3.63, 3.8) is 0 Å². The molecule has 0 saturated heterocycles. The van der Waals surface area contributed by atoms with E-state index in [2.05, 4.69) is 9.98 Å². The fraction of sp³-hybridized carbons (Fsp3) is 0.118. The minimum absolute atomic E-state index is 0.0249. The van der Waals surface area contributed by atoms with Gasteiger partial charge in [-0.1, -0.05) is 41.9 Å². The van der Waals surface area contributed by atoms with Crippen molar-refractivity contribution in [3.8, 4) is 0 Å². The molecule has 108 valence electrons. The van der Waals surface area contributed by atoms with Crippen molar-refractivity contribution < 1.29 is 4.79 Å². The summed E-state index contributed by atoms with van der Waals surface area (Å²) >= 11 is 6.17. The van der Waals surface area contributed by atoms with Crippen molar-refractivity contribution in [1.82, 2.24) is 0 Å². The molecule has 5 heteroatoms. The number of anilines is 1. The highest BCUT2D eigenvalue weighted by atomic mass is 35.5. The Hall–Kier alpha value is -2.46. The molecule has 2 aliphatic heterocycles. The zero-order valence-electron chi connectivity index (χ0n) is 11.7. The Morgan fingerprint density at radius 3 is 2.64 bits per heavy atom. The van der Waals surface area contributed by atoms with Crippen molar-refractivity contribution in [2.45, 2.75) is 0 Å². The first kappa shape index (κ1) is 13.2. The van der Waals surface area contributed by atoms with Gasteiger partial charge >= 0.3 is 0 Å². The first-order valence-electron chi connectivity index (χ1n) is 7.00. The van der Waals surface area contributed by atoms with E-state index in [4.69, 9.17) is 11.6 Å². The van der Waals surface area contributed by atoms with Gasteiger partial charge in [0.15, 0.2) is 0 Å². The number of amides is 1. The number of carbonyl (C=O) groups excluding carboxylic acids is 1. The van der Waals surface area contributed by atoms with Gasteiger partial charge in [-0.25, -0.2) is 0 Å². The smallest absolute Gasteiger partial charge is 0.254 e. The van der Waals surface area contributed by atoms with Crippen LogP contribution in [0.5, 0.6) is 0 Å². The van der Waals surface area contributed by atoms with Crippen LogP contribution in [-0.4, -0.2) is 30.5 Å². The predicted molar refractivity (Wildman–Crippen MR) is 88.2 cm³/mol. The zero-order valence-corrected chi connectivity index (χ0v) is 12.4. The maximum atomic E-state index is 12.2. The molecule has 4 rings (SSSR count). The van der Waals surface area contributed by atoms with Crippen LogP contribution < -0.4 is 4.90 Å². The molecule has 0 aliphatic carbocycles. The monoisotopic (exact) mass is 309 g/mol. The van der Waals surface area contributed by atoms with Crippen molar-refractivity contribution in [2.75, 3.05) is 18.0 Å². The average Bonchev–Trinajstić information content (AvgIpc) is 2.82. The average molecular weight is 310 g/mol. The Kier molecular flexibility index (Phi) is 3.05. The number of aliphatic imine (C=N–C) groups is 2. The predicted octanol–water partition coefficient (Wildman–Crippen LogP) is 2.94. The number of fused-ring (bicyclic) bond motifs is 3. The molecular weight excluding hydrogens is 298 g/mol. The van der Waals surface area contributed by atoms with Gasteiger partial charge in [-0.3, -0.25) is 19.7 Å². The molecule has 2 aromatic carbocycles. The molecule has 0 atom stereocenters. The van der Waals surface area contributed by atoms with Crippen LogP contribution in [0.15, 0.2) is 58.5 Å². The van der Waals surface area contributed by atoms with Gasteiger partial charge in [-0.2, -0.15) is 0 Å². The fourth-order valence-corrected chi connectivity index (χ4v) is 2.98. The lowest BCUT2D eigenvalue weighted by molar-refractivity contribution is -0.115. The summed E-state index contributed by atoms with van der Waals surface area (Å²) < 4.78 is 0. The molecule has 2 heterocycles. The molecule has 0 radical (unpaired) electrons. The molecule has 0 unspecified atom stereocenters. The molecule has 0 bridgehead atoms. The first-order chi connectivity index (χ1) is 10.7. The van der Waals surface area contributed by atoms with Crippen LogP contribution in [-0.2, 0) is 4.79 Å². The summed E-state index contributed by atoms with van der Waals surface area (Å²) in [5, 5.41) is 0.620. The lowest BCUT2D eigenvalue weighted by atomic mass is 10.0. The number of hydrogen-bond donors (Lipinski definition) is 0. The van der Waals surface area contributed by atoms with Gasteiger partial charge in [0.2, 0.25) is 0 Å². The van der Waals surface area contributed by atoms with E-state index in [0.717, 1.165) is 22.5 Å². The van der Waals surface area contributed by atoms with Crippen molar-refractivity contribution >= 4 is 34.7 Å². The van der Waals surface area contributed by atoms with Crippen molar-refractivity contribution in [2.24, 2.45) is 9.98 Å². The second kappa shape index (κ2) is 5.07. The van der Waals surface area contributed by atoms with Crippen molar-refractivity contribution in [3.05, 3.63) is 64.7 Å². The second-order valence-corrected chi connectivity index (χ2v) is 5.59. The van der Waals surface area contributed by atoms with Crippen LogP contribution in [0.1, 0.15) is 11.1 Å². The summed E-state index contributed by atoms with van der Waals surface area (Å²) in [6.45, 7) is 0.579. The summed E-state index contributed by atoms with van der Waals surface area (Å²) in [5.41, 5.74) is 3.49. The van der Waals surface area contributed by atoms with Crippen LogP contribution in [0.3, 0.4) is 0 Å². The normalized spacial score (nSPS) is 16.6. The molecule has 0 spiro atoms. The van der Waals surface area contributed by atoms with Gasteiger partial charge < -0.3 is 0 Å². The largest absolute Gasteiger partial charge is 0.276 e. The lowest BCUT2D eigenvalue weighted by Gasteiger charge is -2.19. The molecule has 22 heavy (non-hydrogen) atoms. The van der Waals surface area contributed by atoms with E-state index in [-0.39, 0.29) is 12.5 Å². The van der Waals surface area contributed by atoms with E-state index in [1.807, 2.05) is 42.5 Å². The fourth-order valence-electron chi connectivity index (χ4n) is 2.81. The summed E-state index contributed by atoms with van der Waals surface area (Å²) in [7, 11) is 0. The van der Waals surface area contributed by atoms with E-state index in [9.17, 15) is 4.79 Å². The molecule has 0 N–H and O–H groups in total. The number of halogens is 1. The summed E-state index contributed by atoms with van der Waals surface area (Å²) in [6, 6.07) is 15.4. The standard InChI is InChI=1S/C17H12ClN3O/c18-12-6-7-14-13(8-12)17(11-4-2-1-3-5-11)20-9-15-19-10-16(22)21(14)15/h1-8H,9-10H2. The van der Waals surface area contributed by atoms with Crippen LogP contribution in [0.4, 0.5) is 5.69 Å². The molecule has 2 aliphatic rings. The third kappa shape index (κ3) is 2.04. The van der Waals surface area contributed by atoms with Gasteiger partial charge in [0.1, 0.15) is 12.4 Å². The van der Waals surface area contributed by atoms with Gasteiger partial charge in [0, 0.05) is 16.1 Å². The molecule has 0 fully saturated rings. The van der Waals surface area contributed by atoms with E-state index in [0.29, 0.717) is 17.4 Å². The summed E-state index contributed by atoms with van der Waals surface area (Å²) in [6.07, 6.45) is 0. The Morgan fingerprint density at radius 1 is 1.00 bits per heavy atom. The highest BCUT2D eigenvalue weighted by molar-refractivity contribution is 6.33. The van der Waals surface area contributed by atoms with E-state index < -0.39 is 0 Å². The quantitative estimate of drug-likeness (QED) is 0.799. The molecule has 2 aromatic rings. The molecule has 1 amide bonds. The second-order valence-electron chi connectivity index (χ2n) is 5.15. The number of carbonyl (C=O) groups is 1. The maximum Gasteiger partial charge on any atom is 0.254 e. The Labute approximate surface area is 132 Å². The van der Waals surface area contributed by atoms with Crippen LogP contribution in [0, 0.1) is 0 Å². The molecule has 0 aromatic heterocycles. The Bertz CT molecular complexity index is 827.